The lowest BCUT2D eigenvalue weighted by atomic mass is 10.1. The van der Waals surface area contributed by atoms with Gasteiger partial charge in [-0.15, -0.1) is 0 Å². The van der Waals surface area contributed by atoms with E-state index in [4.69, 9.17) is 15.9 Å². The molecule has 0 unspecified atom stereocenters. The average Bonchev–Trinajstić information content (AvgIpc) is 2.28. The summed E-state index contributed by atoms with van der Waals surface area (Å²) in [5, 5.41) is 17.7. The number of nitrogens with two attached hydrogens (primary N) is 1. The number of aromatic carboxylic acids is 1. The Morgan fingerprint density at radius 1 is 1.44 bits per heavy atom. The molecule has 4 N–H and O–H groups in total. The standard InChI is InChI=1S/C11H14F2N2O3/c12-10(13)6-15(3-4-16)7-1-2-9(14)8(5-7)11(17)18/h1-2,5,10,16H,3-4,6,14H2,(H,17,18). The fourth-order valence-electron chi connectivity index (χ4n) is 1.54. The molecule has 5 nitrogen and oxygen atoms in total. The molecule has 0 spiro atoms. The highest BCUT2D eigenvalue weighted by molar-refractivity contribution is 5.94. The molecule has 0 saturated carbocycles. The molecule has 0 bridgehead atoms. The molecule has 0 atom stereocenters. The first-order valence-corrected chi connectivity index (χ1v) is 5.22. The maximum absolute atomic E-state index is 12.4. The number of hydrogen-bond donors (Lipinski definition) is 3. The van der Waals surface area contributed by atoms with Gasteiger partial charge >= 0.3 is 5.97 Å². The van der Waals surface area contributed by atoms with Crippen LogP contribution in [0.4, 0.5) is 20.2 Å². The molecule has 0 aliphatic heterocycles. The quantitative estimate of drug-likeness (QED) is 0.665. The number of aliphatic hydroxyl groups excluding tert-OH is 1. The second-order valence-electron chi connectivity index (χ2n) is 3.64. The van der Waals surface area contributed by atoms with E-state index in [0.717, 1.165) is 0 Å². The first kappa shape index (κ1) is 14.2. The van der Waals surface area contributed by atoms with E-state index in [1.165, 1.54) is 23.1 Å². The molecule has 0 heterocycles. The Kier molecular flexibility index (Phi) is 4.85. The van der Waals surface area contributed by atoms with Crippen molar-refractivity contribution in [1.82, 2.24) is 0 Å². The largest absolute Gasteiger partial charge is 0.478 e. The summed E-state index contributed by atoms with van der Waals surface area (Å²) < 4.78 is 24.7. The van der Waals surface area contributed by atoms with Crippen LogP contribution in [0.3, 0.4) is 0 Å². The minimum atomic E-state index is -2.58. The predicted molar refractivity (Wildman–Crippen MR) is 63.1 cm³/mol. The second-order valence-corrected chi connectivity index (χ2v) is 3.64. The lowest BCUT2D eigenvalue weighted by Gasteiger charge is -2.24. The van der Waals surface area contributed by atoms with Crippen LogP contribution in [-0.2, 0) is 0 Å². The highest BCUT2D eigenvalue weighted by Crippen LogP contribution is 2.22. The van der Waals surface area contributed by atoms with E-state index in [-0.39, 0.29) is 30.1 Å². The summed E-state index contributed by atoms with van der Waals surface area (Å²) in [6, 6.07) is 4.00. The Balaban J connectivity index is 3.04. The normalized spacial score (nSPS) is 10.7. The number of aliphatic hydroxyl groups is 1. The molecule has 1 aromatic carbocycles. The van der Waals surface area contributed by atoms with Crippen molar-refractivity contribution in [3.8, 4) is 0 Å². The van der Waals surface area contributed by atoms with Crippen molar-refractivity contribution in [2.75, 3.05) is 30.3 Å². The van der Waals surface area contributed by atoms with Gasteiger partial charge in [-0.1, -0.05) is 0 Å². The highest BCUT2D eigenvalue weighted by atomic mass is 19.3. The zero-order valence-corrected chi connectivity index (χ0v) is 9.51. The van der Waals surface area contributed by atoms with Crippen LogP contribution in [0.1, 0.15) is 10.4 Å². The number of carboxylic acids is 1. The zero-order chi connectivity index (χ0) is 13.7. The maximum atomic E-state index is 12.4. The monoisotopic (exact) mass is 260 g/mol. The third-order valence-electron chi connectivity index (χ3n) is 2.36. The summed E-state index contributed by atoms with van der Waals surface area (Å²) >= 11 is 0. The number of hydrogen-bond acceptors (Lipinski definition) is 4. The van der Waals surface area contributed by atoms with Gasteiger partial charge in [0.1, 0.15) is 0 Å². The van der Waals surface area contributed by atoms with E-state index >= 15 is 0 Å². The van der Waals surface area contributed by atoms with Crippen molar-refractivity contribution in [3.63, 3.8) is 0 Å². The lowest BCUT2D eigenvalue weighted by Crippen LogP contribution is -2.31. The molecule has 0 fully saturated rings. The Labute approximate surface area is 102 Å². The Bertz CT molecular complexity index is 427. The van der Waals surface area contributed by atoms with Crippen LogP contribution in [0.2, 0.25) is 0 Å². The molecule has 0 aliphatic carbocycles. The predicted octanol–water partition coefficient (Wildman–Crippen LogP) is 1.03. The molecule has 0 aromatic heterocycles. The van der Waals surface area contributed by atoms with Crippen LogP contribution >= 0.6 is 0 Å². The van der Waals surface area contributed by atoms with Crippen molar-refractivity contribution in [2.24, 2.45) is 0 Å². The third kappa shape index (κ3) is 3.56. The van der Waals surface area contributed by atoms with Gasteiger partial charge in [-0.2, -0.15) is 0 Å². The van der Waals surface area contributed by atoms with Crippen LogP contribution in [0, 0.1) is 0 Å². The summed E-state index contributed by atoms with van der Waals surface area (Å²) in [5.41, 5.74) is 5.67. The number of halogens is 2. The molecule has 18 heavy (non-hydrogen) atoms. The number of anilines is 2. The molecule has 0 aliphatic rings. The van der Waals surface area contributed by atoms with Gasteiger partial charge in [0.15, 0.2) is 0 Å². The topological polar surface area (TPSA) is 86.8 Å². The summed E-state index contributed by atoms with van der Waals surface area (Å²) in [6.45, 7) is -0.893. The van der Waals surface area contributed by atoms with Gasteiger partial charge in [0.25, 0.3) is 6.43 Å². The molecule has 1 aromatic rings. The highest BCUT2D eigenvalue weighted by Gasteiger charge is 2.15. The average molecular weight is 260 g/mol. The number of nitrogen functional groups attached to an aromatic ring is 1. The first-order chi connectivity index (χ1) is 8.45. The zero-order valence-electron chi connectivity index (χ0n) is 9.51. The first-order valence-electron chi connectivity index (χ1n) is 5.22. The van der Waals surface area contributed by atoms with Crippen molar-refractivity contribution >= 4 is 17.3 Å². The molecular weight excluding hydrogens is 246 g/mol. The minimum absolute atomic E-state index is 0.00663. The van der Waals surface area contributed by atoms with E-state index in [1.807, 2.05) is 0 Å². The van der Waals surface area contributed by atoms with Gasteiger partial charge in [0, 0.05) is 17.9 Å². The number of benzene rings is 1. The maximum Gasteiger partial charge on any atom is 0.337 e. The Morgan fingerprint density at radius 2 is 2.11 bits per heavy atom. The number of carbonyl (C=O) groups is 1. The van der Waals surface area contributed by atoms with Crippen LogP contribution in [0.25, 0.3) is 0 Å². The molecule has 1 rings (SSSR count). The molecule has 100 valence electrons. The van der Waals surface area contributed by atoms with Crippen molar-refractivity contribution in [2.45, 2.75) is 6.43 Å². The van der Waals surface area contributed by atoms with Crippen LogP contribution in [0.15, 0.2) is 18.2 Å². The Morgan fingerprint density at radius 3 is 2.61 bits per heavy atom. The fourth-order valence-corrected chi connectivity index (χ4v) is 1.54. The summed E-state index contributed by atoms with van der Waals surface area (Å²) in [7, 11) is 0. The van der Waals surface area contributed by atoms with E-state index in [2.05, 4.69) is 0 Å². The van der Waals surface area contributed by atoms with Gasteiger partial charge in [-0.05, 0) is 18.2 Å². The van der Waals surface area contributed by atoms with E-state index < -0.39 is 18.9 Å². The van der Waals surface area contributed by atoms with E-state index in [9.17, 15) is 13.6 Å². The third-order valence-corrected chi connectivity index (χ3v) is 2.36. The number of rotatable bonds is 6. The van der Waals surface area contributed by atoms with Gasteiger partial charge in [0.2, 0.25) is 0 Å². The van der Waals surface area contributed by atoms with Crippen molar-refractivity contribution in [3.05, 3.63) is 23.8 Å². The smallest absolute Gasteiger partial charge is 0.337 e. The van der Waals surface area contributed by atoms with Gasteiger partial charge in [0.05, 0.1) is 18.7 Å². The van der Waals surface area contributed by atoms with Gasteiger partial charge in [-0.3, -0.25) is 0 Å². The van der Waals surface area contributed by atoms with Crippen molar-refractivity contribution in [1.29, 1.82) is 0 Å². The molecule has 7 heteroatoms. The number of nitrogens with zero attached hydrogens (tertiary/aromatic N) is 1. The molecule has 0 amide bonds. The Hall–Kier alpha value is -1.89. The fraction of sp³-hybridized carbons (Fsp3) is 0.364. The summed E-state index contributed by atoms with van der Waals surface area (Å²) in [6.07, 6.45) is -2.58. The van der Waals surface area contributed by atoms with Crippen LogP contribution in [0.5, 0.6) is 0 Å². The van der Waals surface area contributed by atoms with Gasteiger partial charge in [-0.25, -0.2) is 13.6 Å². The van der Waals surface area contributed by atoms with Gasteiger partial charge < -0.3 is 20.8 Å². The van der Waals surface area contributed by atoms with Crippen LogP contribution in [-0.4, -0.2) is 42.3 Å². The minimum Gasteiger partial charge on any atom is -0.478 e. The van der Waals surface area contributed by atoms with E-state index in [0.29, 0.717) is 0 Å². The van der Waals surface area contributed by atoms with Crippen LogP contribution < -0.4 is 10.6 Å². The SMILES string of the molecule is Nc1ccc(N(CCO)CC(F)F)cc1C(=O)O. The molecular formula is C11H14F2N2O3. The molecule has 0 saturated heterocycles. The van der Waals surface area contributed by atoms with Crippen molar-refractivity contribution < 1.29 is 23.8 Å². The van der Waals surface area contributed by atoms with E-state index in [1.54, 1.807) is 0 Å². The number of alkyl halides is 2. The molecule has 0 radical (unpaired) electrons. The summed E-state index contributed by atoms with van der Waals surface area (Å²) in [5.74, 6) is -1.23. The number of carboxylic acid groups (broad SMARTS) is 1. The summed E-state index contributed by atoms with van der Waals surface area (Å²) in [4.78, 5) is 12.1. The lowest BCUT2D eigenvalue weighted by molar-refractivity contribution is 0.0698. The second kappa shape index (κ2) is 6.15.